The molecule has 6 heteroatoms. The minimum atomic E-state index is -0.359. The molecule has 0 unspecified atom stereocenters. The molecule has 0 saturated heterocycles. The summed E-state index contributed by atoms with van der Waals surface area (Å²) in [4.78, 5) is 8.54. The Hall–Kier alpha value is -2.17. The molecule has 3 rings (SSSR count). The number of rotatable bonds is 3. The van der Waals surface area contributed by atoms with Gasteiger partial charge < -0.3 is 5.32 Å². The molecule has 23 heavy (non-hydrogen) atoms. The van der Waals surface area contributed by atoms with Gasteiger partial charge in [-0.1, -0.05) is 47.5 Å². The number of nitrogens with zero attached hydrogens (tertiary/aromatic N) is 2. The molecule has 0 saturated carbocycles. The average Bonchev–Trinajstić information content (AvgIpc) is 2.51. The van der Waals surface area contributed by atoms with Crippen LogP contribution in [0.5, 0.6) is 0 Å². The van der Waals surface area contributed by atoms with Crippen molar-refractivity contribution in [2.75, 3.05) is 5.32 Å². The van der Waals surface area contributed by atoms with E-state index in [1.807, 2.05) is 19.1 Å². The summed E-state index contributed by atoms with van der Waals surface area (Å²) in [7, 11) is 0. The number of anilines is 2. The number of hydrogen-bond donors (Lipinski definition) is 1. The molecule has 116 valence electrons. The fourth-order valence-electron chi connectivity index (χ4n) is 2.16. The van der Waals surface area contributed by atoms with Gasteiger partial charge in [-0.3, -0.25) is 0 Å². The largest absolute Gasteiger partial charge is 0.339 e. The van der Waals surface area contributed by atoms with E-state index in [9.17, 15) is 4.39 Å². The van der Waals surface area contributed by atoms with Gasteiger partial charge in [0.15, 0.2) is 5.82 Å². The molecule has 3 aromatic rings. The Morgan fingerprint density at radius 1 is 1.00 bits per heavy atom. The van der Waals surface area contributed by atoms with E-state index in [2.05, 4.69) is 15.3 Å². The van der Waals surface area contributed by atoms with Gasteiger partial charge in [0.25, 0.3) is 0 Å². The standard InChI is InChI=1S/C17H12Cl2FN3/c1-10-4-2-7-13(18)16(10)22-15-9-14(19)21-17(23-15)11-5-3-6-12(20)8-11/h2-9H,1H3,(H,21,22,23). The second-order valence-electron chi connectivity index (χ2n) is 4.97. The zero-order chi connectivity index (χ0) is 16.4. The normalized spacial score (nSPS) is 10.6. The van der Waals surface area contributed by atoms with Crippen molar-refractivity contribution in [1.29, 1.82) is 0 Å². The first-order valence-electron chi connectivity index (χ1n) is 6.85. The summed E-state index contributed by atoms with van der Waals surface area (Å²) in [6, 6.07) is 13.2. The number of nitrogens with one attached hydrogen (secondary N) is 1. The van der Waals surface area contributed by atoms with Crippen LogP contribution in [0, 0.1) is 12.7 Å². The van der Waals surface area contributed by atoms with Crippen LogP contribution in [0.25, 0.3) is 11.4 Å². The summed E-state index contributed by atoms with van der Waals surface area (Å²) in [6.45, 7) is 1.94. The second kappa shape index (κ2) is 6.52. The minimum absolute atomic E-state index is 0.256. The van der Waals surface area contributed by atoms with E-state index in [4.69, 9.17) is 23.2 Å². The maximum absolute atomic E-state index is 13.4. The number of aromatic nitrogens is 2. The number of hydrogen-bond acceptors (Lipinski definition) is 3. The molecule has 0 spiro atoms. The highest BCUT2D eigenvalue weighted by Crippen LogP contribution is 2.29. The summed E-state index contributed by atoms with van der Waals surface area (Å²) in [5.41, 5.74) is 2.26. The van der Waals surface area contributed by atoms with E-state index in [0.717, 1.165) is 11.3 Å². The molecule has 1 N–H and O–H groups in total. The van der Waals surface area contributed by atoms with Crippen molar-refractivity contribution < 1.29 is 4.39 Å². The zero-order valence-electron chi connectivity index (χ0n) is 12.1. The SMILES string of the molecule is Cc1cccc(Cl)c1Nc1cc(Cl)nc(-c2cccc(F)c2)n1. The monoisotopic (exact) mass is 347 g/mol. The molecular weight excluding hydrogens is 336 g/mol. The summed E-state index contributed by atoms with van der Waals surface area (Å²) < 4.78 is 13.4. The second-order valence-corrected chi connectivity index (χ2v) is 5.76. The highest BCUT2D eigenvalue weighted by atomic mass is 35.5. The minimum Gasteiger partial charge on any atom is -0.339 e. The first kappa shape index (κ1) is 15.7. The van der Waals surface area contributed by atoms with Crippen molar-refractivity contribution in [3.8, 4) is 11.4 Å². The molecule has 1 aromatic heterocycles. The van der Waals surface area contributed by atoms with Gasteiger partial charge in [0.2, 0.25) is 0 Å². The van der Waals surface area contributed by atoms with E-state index in [-0.39, 0.29) is 11.0 Å². The van der Waals surface area contributed by atoms with Crippen molar-refractivity contribution in [1.82, 2.24) is 9.97 Å². The Morgan fingerprint density at radius 3 is 2.52 bits per heavy atom. The fourth-order valence-corrected chi connectivity index (χ4v) is 2.61. The van der Waals surface area contributed by atoms with E-state index >= 15 is 0 Å². The van der Waals surface area contributed by atoms with Crippen LogP contribution in [0.4, 0.5) is 15.9 Å². The fraction of sp³-hybridized carbons (Fsp3) is 0.0588. The maximum atomic E-state index is 13.4. The number of aryl methyl sites for hydroxylation is 1. The Labute approximate surface area is 143 Å². The van der Waals surface area contributed by atoms with Crippen molar-refractivity contribution in [3.05, 3.63) is 70.1 Å². The molecule has 0 fully saturated rings. The molecule has 2 aromatic carbocycles. The molecule has 0 aliphatic carbocycles. The Balaban J connectivity index is 2.01. The molecule has 0 atom stereocenters. The Morgan fingerprint density at radius 2 is 1.78 bits per heavy atom. The van der Waals surface area contributed by atoms with Gasteiger partial charge >= 0.3 is 0 Å². The van der Waals surface area contributed by atoms with Gasteiger partial charge in [0.05, 0.1) is 10.7 Å². The Kier molecular flexibility index (Phi) is 4.46. The van der Waals surface area contributed by atoms with Crippen molar-refractivity contribution in [2.24, 2.45) is 0 Å². The van der Waals surface area contributed by atoms with Gasteiger partial charge in [-0.15, -0.1) is 0 Å². The smallest absolute Gasteiger partial charge is 0.163 e. The number of para-hydroxylation sites is 1. The molecule has 1 heterocycles. The van der Waals surface area contributed by atoms with Crippen molar-refractivity contribution >= 4 is 34.7 Å². The molecular formula is C17H12Cl2FN3. The zero-order valence-corrected chi connectivity index (χ0v) is 13.7. The van der Waals surface area contributed by atoms with E-state index < -0.39 is 0 Å². The van der Waals surface area contributed by atoms with E-state index in [1.165, 1.54) is 12.1 Å². The lowest BCUT2D eigenvalue weighted by atomic mass is 10.2. The summed E-state index contributed by atoms with van der Waals surface area (Å²) in [5, 5.41) is 3.98. The molecule has 0 aliphatic heterocycles. The third kappa shape index (κ3) is 3.60. The lowest BCUT2D eigenvalue weighted by molar-refractivity contribution is 0.628. The van der Waals surface area contributed by atoms with Crippen LogP contribution in [0.15, 0.2) is 48.5 Å². The Bertz CT molecular complexity index is 848. The first-order valence-corrected chi connectivity index (χ1v) is 7.61. The van der Waals surface area contributed by atoms with Crippen LogP contribution in [0.3, 0.4) is 0 Å². The molecule has 0 amide bonds. The van der Waals surface area contributed by atoms with E-state index in [1.54, 1.807) is 24.3 Å². The van der Waals surface area contributed by atoms with Crippen LogP contribution in [-0.2, 0) is 0 Å². The quantitative estimate of drug-likeness (QED) is 0.622. The number of benzene rings is 2. The first-order chi connectivity index (χ1) is 11.0. The van der Waals surface area contributed by atoms with Crippen LogP contribution < -0.4 is 5.32 Å². The van der Waals surface area contributed by atoms with Gasteiger partial charge in [0, 0.05) is 11.6 Å². The van der Waals surface area contributed by atoms with Crippen molar-refractivity contribution in [2.45, 2.75) is 6.92 Å². The van der Waals surface area contributed by atoms with Crippen LogP contribution in [-0.4, -0.2) is 9.97 Å². The summed E-state index contributed by atoms with van der Waals surface area (Å²) in [5.74, 6) is 0.465. The average molecular weight is 348 g/mol. The maximum Gasteiger partial charge on any atom is 0.163 e. The highest BCUT2D eigenvalue weighted by Gasteiger charge is 2.10. The van der Waals surface area contributed by atoms with E-state index in [0.29, 0.717) is 22.2 Å². The topological polar surface area (TPSA) is 37.8 Å². The van der Waals surface area contributed by atoms with Crippen molar-refractivity contribution in [3.63, 3.8) is 0 Å². The van der Waals surface area contributed by atoms with Gasteiger partial charge in [-0.2, -0.15) is 0 Å². The molecule has 0 aliphatic rings. The van der Waals surface area contributed by atoms with Crippen LogP contribution >= 0.6 is 23.2 Å². The predicted molar refractivity (Wildman–Crippen MR) is 91.9 cm³/mol. The highest BCUT2D eigenvalue weighted by molar-refractivity contribution is 6.33. The van der Waals surface area contributed by atoms with Gasteiger partial charge in [-0.25, -0.2) is 14.4 Å². The molecule has 3 nitrogen and oxygen atoms in total. The third-order valence-corrected chi connectivity index (χ3v) is 3.76. The molecule has 0 radical (unpaired) electrons. The summed E-state index contributed by atoms with van der Waals surface area (Å²) >= 11 is 12.3. The van der Waals surface area contributed by atoms with Crippen LogP contribution in [0.1, 0.15) is 5.56 Å². The number of halogens is 3. The lowest BCUT2D eigenvalue weighted by Gasteiger charge is -2.12. The molecule has 0 bridgehead atoms. The van der Waals surface area contributed by atoms with Gasteiger partial charge in [0.1, 0.15) is 16.8 Å². The summed E-state index contributed by atoms with van der Waals surface area (Å²) in [6.07, 6.45) is 0. The third-order valence-electron chi connectivity index (χ3n) is 3.25. The predicted octanol–water partition coefficient (Wildman–Crippen LogP) is 5.64. The lowest BCUT2D eigenvalue weighted by Crippen LogP contribution is -2.00. The van der Waals surface area contributed by atoms with Gasteiger partial charge in [-0.05, 0) is 30.7 Å². The van der Waals surface area contributed by atoms with Crippen LogP contribution in [0.2, 0.25) is 10.2 Å².